The van der Waals surface area contributed by atoms with Gasteiger partial charge in [-0.1, -0.05) is 6.92 Å². The Labute approximate surface area is 122 Å². The van der Waals surface area contributed by atoms with E-state index in [1.807, 2.05) is 6.92 Å². The molecule has 0 spiro atoms. The van der Waals surface area contributed by atoms with Gasteiger partial charge in [0.2, 0.25) is 0 Å². The van der Waals surface area contributed by atoms with Gasteiger partial charge in [-0.15, -0.1) is 0 Å². The number of hydrogen-bond acceptors (Lipinski definition) is 3. The highest BCUT2D eigenvalue weighted by Crippen LogP contribution is 2.24. The van der Waals surface area contributed by atoms with Crippen LogP contribution in [0.2, 0.25) is 0 Å². The maximum Gasteiger partial charge on any atom is 0.330 e. The minimum absolute atomic E-state index is 0.399. The number of hydrogen-bond donors (Lipinski definition) is 2. The summed E-state index contributed by atoms with van der Waals surface area (Å²) >= 11 is 0. The summed E-state index contributed by atoms with van der Waals surface area (Å²) < 4.78 is 15.0. The molecular weight excluding hydrogens is 273 g/mol. The quantitative estimate of drug-likeness (QED) is 0.888. The number of carboxylic acid groups (broad SMARTS) is 1. The first-order valence-corrected chi connectivity index (χ1v) is 6.69. The number of nitrogens with one attached hydrogen (secondary N) is 1. The van der Waals surface area contributed by atoms with Crippen LogP contribution in [0.5, 0.6) is 0 Å². The highest BCUT2D eigenvalue weighted by molar-refractivity contribution is 5.79. The van der Waals surface area contributed by atoms with Crippen molar-refractivity contribution in [3.05, 3.63) is 47.0 Å². The van der Waals surface area contributed by atoms with Gasteiger partial charge in [0.25, 0.3) is 0 Å². The van der Waals surface area contributed by atoms with Crippen LogP contribution in [0.3, 0.4) is 0 Å². The monoisotopic (exact) mass is 291 g/mol. The van der Waals surface area contributed by atoms with E-state index in [0.717, 1.165) is 5.56 Å². The molecule has 0 saturated heterocycles. The van der Waals surface area contributed by atoms with E-state index >= 15 is 0 Å². The lowest BCUT2D eigenvalue weighted by Crippen LogP contribution is -2.21. The summed E-state index contributed by atoms with van der Waals surface area (Å²) in [6.07, 6.45) is 2.31. The van der Waals surface area contributed by atoms with E-state index in [2.05, 4.69) is 10.4 Å². The Balaban J connectivity index is 2.37. The van der Waals surface area contributed by atoms with Crippen LogP contribution in [0.4, 0.5) is 10.1 Å². The molecule has 0 aliphatic rings. The third-order valence-corrected chi connectivity index (χ3v) is 3.18. The van der Waals surface area contributed by atoms with Crippen LogP contribution >= 0.6 is 0 Å². The molecule has 2 rings (SSSR count). The Hall–Kier alpha value is -2.37. The van der Waals surface area contributed by atoms with E-state index in [-0.39, 0.29) is 0 Å². The molecule has 5 nitrogen and oxygen atoms in total. The van der Waals surface area contributed by atoms with Crippen molar-refractivity contribution in [2.75, 3.05) is 5.32 Å². The van der Waals surface area contributed by atoms with Crippen LogP contribution < -0.4 is 5.32 Å². The van der Waals surface area contributed by atoms with E-state index in [9.17, 15) is 14.3 Å². The highest BCUT2D eigenvalue weighted by atomic mass is 19.1. The standard InChI is InChI=1S/C15H18FN3O2/c1-4-13-12(8-19(3)18-13)14(15(20)21)17-11-6-9(2)5-10(16)7-11/h5-8,14,17H,4H2,1-3H3,(H,20,21). The average Bonchev–Trinajstić information content (AvgIpc) is 2.75. The van der Waals surface area contributed by atoms with Crippen LogP contribution in [0, 0.1) is 12.7 Å². The number of carbonyl (C=O) groups is 1. The van der Waals surface area contributed by atoms with Gasteiger partial charge in [-0.2, -0.15) is 5.10 Å². The number of aromatic nitrogens is 2. The molecule has 112 valence electrons. The summed E-state index contributed by atoms with van der Waals surface area (Å²) in [5, 5.41) is 16.6. The molecule has 2 N–H and O–H groups in total. The number of benzene rings is 1. The minimum Gasteiger partial charge on any atom is -0.479 e. The zero-order chi connectivity index (χ0) is 15.6. The largest absolute Gasteiger partial charge is 0.479 e. The fraction of sp³-hybridized carbons (Fsp3) is 0.333. The van der Waals surface area contributed by atoms with Gasteiger partial charge in [-0.25, -0.2) is 9.18 Å². The molecule has 0 amide bonds. The Morgan fingerprint density at radius 3 is 2.76 bits per heavy atom. The average molecular weight is 291 g/mol. The summed E-state index contributed by atoms with van der Waals surface area (Å²) in [7, 11) is 1.74. The number of aliphatic carboxylic acids is 1. The Morgan fingerprint density at radius 2 is 2.19 bits per heavy atom. The maximum absolute atomic E-state index is 13.4. The van der Waals surface area contributed by atoms with Crippen molar-refractivity contribution in [1.82, 2.24) is 9.78 Å². The predicted octanol–water partition coefficient (Wildman–Crippen LogP) is 2.67. The molecule has 1 unspecified atom stereocenters. The van der Waals surface area contributed by atoms with Crippen molar-refractivity contribution in [2.24, 2.45) is 7.05 Å². The van der Waals surface area contributed by atoms with Crippen molar-refractivity contribution in [1.29, 1.82) is 0 Å². The Bertz CT molecular complexity index is 647. The minimum atomic E-state index is -1.03. The van der Waals surface area contributed by atoms with E-state index in [4.69, 9.17) is 0 Å². The van der Waals surface area contributed by atoms with Crippen LogP contribution in [0.1, 0.15) is 29.8 Å². The first kappa shape index (κ1) is 15.0. The lowest BCUT2D eigenvalue weighted by Gasteiger charge is -2.16. The predicted molar refractivity (Wildman–Crippen MR) is 77.7 cm³/mol. The van der Waals surface area contributed by atoms with Crippen molar-refractivity contribution in [2.45, 2.75) is 26.3 Å². The van der Waals surface area contributed by atoms with Crippen molar-refractivity contribution in [3.8, 4) is 0 Å². The molecule has 0 aliphatic carbocycles. The summed E-state index contributed by atoms with van der Waals surface area (Å²) in [6.45, 7) is 3.67. The van der Waals surface area contributed by atoms with Crippen molar-refractivity contribution < 1.29 is 14.3 Å². The third kappa shape index (κ3) is 3.39. The molecule has 0 fully saturated rings. The van der Waals surface area contributed by atoms with Gasteiger partial charge in [-0.3, -0.25) is 4.68 Å². The fourth-order valence-corrected chi connectivity index (χ4v) is 2.33. The highest BCUT2D eigenvalue weighted by Gasteiger charge is 2.24. The summed E-state index contributed by atoms with van der Waals surface area (Å²) in [6, 6.07) is 3.42. The van der Waals surface area contributed by atoms with E-state index < -0.39 is 17.8 Å². The smallest absolute Gasteiger partial charge is 0.330 e. The molecule has 0 radical (unpaired) electrons. The maximum atomic E-state index is 13.4. The summed E-state index contributed by atoms with van der Waals surface area (Å²) in [5.74, 6) is -1.43. The molecule has 6 heteroatoms. The van der Waals surface area contributed by atoms with Crippen molar-refractivity contribution >= 4 is 11.7 Å². The molecule has 1 aromatic heterocycles. The topological polar surface area (TPSA) is 67.2 Å². The Kier molecular flexibility index (Phi) is 4.26. The van der Waals surface area contributed by atoms with Crippen molar-refractivity contribution in [3.63, 3.8) is 0 Å². The van der Waals surface area contributed by atoms with Crippen LogP contribution in [0.25, 0.3) is 0 Å². The number of anilines is 1. The van der Waals surface area contributed by atoms with Crippen LogP contribution in [-0.4, -0.2) is 20.9 Å². The van der Waals surface area contributed by atoms with E-state index in [0.29, 0.717) is 23.4 Å². The van der Waals surface area contributed by atoms with E-state index in [1.165, 1.54) is 12.1 Å². The second-order valence-electron chi connectivity index (χ2n) is 4.99. The van der Waals surface area contributed by atoms with Gasteiger partial charge in [0.05, 0.1) is 5.69 Å². The number of aryl methyl sites for hydroxylation is 3. The molecule has 2 aromatic rings. The molecule has 0 saturated carbocycles. The summed E-state index contributed by atoms with van der Waals surface area (Å²) in [4.78, 5) is 11.6. The number of rotatable bonds is 5. The zero-order valence-electron chi connectivity index (χ0n) is 12.2. The molecule has 0 aliphatic heterocycles. The van der Waals surface area contributed by atoms with E-state index in [1.54, 1.807) is 30.9 Å². The van der Waals surface area contributed by atoms with Gasteiger partial charge in [0, 0.05) is 24.5 Å². The molecule has 1 atom stereocenters. The van der Waals surface area contributed by atoms with Gasteiger partial charge in [-0.05, 0) is 37.1 Å². The molecule has 0 bridgehead atoms. The second kappa shape index (κ2) is 5.95. The zero-order valence-corrected chi connectivity index (χ0v) is 12.2. The van der Waals surface area contributed by atoms with Crippen LogP contribution in [-0.2, 0) is 18.3 Å². The molecule has 21 heavy (non-hydrogen) atoms. The van der Waals surface area contributed by atoms with Crippen LogP contribution in [0.15, 0.2) is 24.4 Å². The first-order valence-electron chi connectivity index (χ1n) is 6.69. The third-order valence-electron chi connectivity index (χ3n) is 3.18. The molecule has 1 aromatic carbocycles. The molecule has 1 heterocycles. The normalized spacial score (nSPS) is 12.2. The SMILES string of the molecule is CCc1nn(C)cc1C(Nc1cc(C)cc(F)c1)C(=O)O. The number of nitrogens with zero attached hydrogens (tertiary/aromatic N) is 2. The fourth-order valence-electron chi connectivity index (χ4n) is 2.33. The van der Waals surface area contributed by atoms with Gasteiger partial charge < -0.3 is 10.4 Å². The first-order chi connectivity index (χ1) is 9.90. The lowest BCUT2D eigenvalue weighted by atomic mass is 10.1. The summed E-state index contributed by atoms with van der Waals surface area (Å²) in [5.41, 5.74) is 2.47. The Morgan fingerprint density at radius 1 is 1.48 bits per heavy atom. The number of carboxylic acids is 1. The van der Waals surface area contributed by atoms with Gasteiger partial charge in [0.1, 0.15) is 5.82 Å². The van der Waals surface area contributed by atoms with Gasteiger partial charge >= 0.3 is 5.97 Å². The second-order valence-corrected chi connectivity index (χ2v) is 4.99. The van der Waals surface area contributed by atoms with Gasteiger partial charge in [0.15, 0.2) is 6.04 Å². The lowest BCUT2D eigenvalue weighted by molar-refractivity contribution is -0.138. The molecular formula is C15H18FN3O2. The number of halogens is 1.